The number of hydrogen-bond donors (Lipinski definition) is 0. The number of benzene rings is 9. The van der Waals surface area contributed by atoms with Crippen LogP contribution in [-0.2, 0) is 0 Å². The van der Waals surface area contributed by atoms with Gasteiger partial charge in [-0.1, -0.05) is 176 Å². The molecule has 0 saturated heterocycles. The van der Waals surface area contributed by atoms with E-state index in [0.29, 0.717) is 17.5 Å². The Labute approximate surface area is 357 Å². The minimum atomic E-state index is 0.579. The molecule has 12 aromatic rings. The Morgan fingerprint density at radius 2 is 0.839 bits per heavy atom. The van der Waals surface area contributed by atoms with Gasteiger partial charge in [-0.25, -0.2) is 15.0 Å². The van der Waals surface area contributed by atoms with Crippen molar-refractivity contribution in [2.24, 2.45) is 0 Å². The Hall–Kier alpha value is -8.41. The fraction of sp³-hybridized carbons (Fsp3) is 0. The first-order valence-corrected chi connectivity index (χ1v) is 20.9. The third-order valence-corrected chi connectivity index (χ3v) is 11.9. The summed E-state index contributed by atoms with van der Waals surface area (Å²) >= 11 is 0. The van der Waals surface area contributed by atoms with Gasteiger partial charge in [0.15, 0.2) is 17.5 Å². The van der Waals surface area contributed by atoms with Crippen molar-refractivity contribution in [3.63, 3.8) is 0 Å². The predicted molar refractivity (Wildman–Crippen MR) is 254 cm³/mol. The van der Waals surface area contributed by atoms with Crippen LogP contribution >= 0.6 is 0 Å². The Morgan fingerprint density at radius 1 is 0.306 bits per heavy atom. The van der Waals surface area contributed by atoms with Gasteiger partial charge < -0.3 is 8.98 Å². The summed E-state index contributed by atoms with van der Waals surface area (Å²) < 4.78 is 9.53. The predicted octanol–water partition coefficient (Wildman–Crippen LogP) is 14.9. The standard InChI is InChI=1S/C57H36N4O/c1-5-17-37(18-6-1)40-23-15-24-41(35-40)42-31-32-44(49(36-42)57-59-55(38-19-7-2-8-20-38)58-56(60-57)39-21-9-3-10-22-39)45-28-16-29-46-47-33-34-51-52(54(47)62-53(45)46)48-27-13-14-30-50(48)61(51)43-25-11-4-12-26-43/h1-36H. The summed E-state index contributed by atoms with van der Waals surface area (Å²) in [4.78, 5) is 15.6. The average molecular weight is 793 g/mol. The maximum Gasteiger partial charge on any atom is 0.164 e. The number of nitrogens with zero attached hydrogens (tertiary/aromatic N) is 4. The molecular weight excluding hydrogens is 757 g/mol. The molecule has 0 fully saturated rings. The SMILES string of the molecule is c1ccc(-c2cccc(-c3ccc(-c4cccc5c4oc4c5ccc5c4c4ccccc4n5-c4ccccc4)c(-c4nc(-c5ccccc5)nc(-c5ccccc5)n4)c3)c2)cc1. The minimum absolute atomic E-state index is 0.579. The fourth-order valence-electron chi connectivity index (χ4n) is 8.96. The van der Waals surface area contributed by atoms with Gasteiger partial charge in [-0.2, -0.15) is 0 Å². The van der Waals surface area contributed by atoms with E-state index in [2.05, 4.69) is 162 Å². The summed E-state index contributed by atoms with van der Waals surface area (Å²) in [6, 6.07) is 76.1. The molecule has 0 aliphatic carbocycles. The van der Waals surface area contributed by atoms with Crippen molar-refractivity contribution in [2.45, 2.75) is 0 Å². The van der Waals surface area contributed by atoms with Crippen LogP contribution in [0.15, 0.2) is 223 Å². The molecule has 9 aromatic carbocycles. The zero-order valence-corrected chi connectivity index (χ0v) is 33.5. The highest BCUT2D eigenvalue weighted by Crippen LogP contribution is 2.45. The summed E-state index contributed by atoms with van der Waals surface area (Å²) in [5.41, 5.74) is 14.1. The molecule has 0 spiro atoms. The van der Waals surface area contributed by atoms with E-state index >= 15 is 0 Å². The van der Waals surface area contributed by atoms with Crippen LogP contribution < -0.4 is 0 Å². The number of aromatic nitrogens is 4. The van der Waals surface area contributed by atoms with E-state index in [4.69, 9.17) is 19.4 Å². The molecule has 5 heteroatoms. The van der Waals surface area contributed by atoms with Crippen molar-refractivity contribution in [1.82, 2.24) is 19.5 Å². The summed E-state index contributed by atoms with van der Waals surface area (Å²) in [5, 5.41) is 4.36. The minimum Gasteiger partial charge on any atom is -0.455 e. The molecule has 0 unspecified atom stereocenters. The Bertz CT molecular complexity index is 3560. The van der Waals surface area contributed by atoms with E-state index in [-0.39, 0.29) is 0 Å². The zero-order valence-electron chi connectivity index (χ0n) is 33.5. The number of furan rings is 1. The van der Waals surface area contributed by atoms with Crippen molar-refractivity contribution in [3.05, 3.63) is 218 Å². The van der Waals surface area contributed by atoms with Gasteiger partial charge in [0.05, 0.1) is 16.4 Å². The molecule has 0 aliphatic heterocycles. The first-order valence-electron chi connectivity index (χ1n) is 20.9. The van der Waals surface area contributed by atoms with Gasteiger partial charge in [-0.05, 0) is 70.3 Å². The molecule has 62 heavy (non-hydrogen) atoms. The highest BCUT2D eigenvalue weighted by atomic mass is 16.3. The van der Waals surface area contributed by atoms with Crippen LogP contribution in [0.5, 0.6) is 0 Å². The highest BCUT2D eigenvalue weighted by Gasteiger charge is 2.23. The molecular formula is C57H36N4O. The smallest absolute Gasteiger partial charge is 0.164 e. The van der Waals surface area contributed by atoms with Crippen molar-refractivity contribution in [1.29, 1.82) is 0 Å². The normalized spacial score (nSPS) is 11.5. The van der Waals surface area contributed by atoms with E-state index in [1.807, 2.05) is 60.7 Å². The lowest BCUT2D eigenvalue weighted by Gasteiger charge is -2.15. The molecule has 3 aromatic heterocycles. The van der Waals surface area contributed by atoms with E-state index < -0.39 is 0 Å². The van der Waals surface area contributed by atoms with E-state index in [1.54, 1.807) is 0 Å². The van der Waals surface area contributed by atoms with Crippen molar-refractivity contribution in [3.8, 4) is 73.2 Å². The summed E-state index contributed by atoms with van der Waals surface area (Å²) in [6.07, 6.45) is 0. The molecule has 12 rings (SSSR count). The molecule has 5 nitrogen and oxygen atoms in total. The Balaban J connectivity index is 1.12. The van der Waals surface area contributed by atoms with Gasteiger partial charge in [0.1, 0.15) is 11.2 Å². The summed E-state index contributed by atoms with van der Waals surface area (Å²) in [5.74, 6) is 1.79. The second-order valence-corrected chi connectivity index (χ2v) is 15.6. The van der Waals surface area contributed by atoms with Crippen LogP contribution in [0.25, 0.3) is 117 Å². The number of para-hydroxylation sites is 3. The zero-order chi connectivity index (χ0) is 41.0. The topological polar surface area (TPSA) is 56.7 Å². The molecule has 290 valence electrons. The Kier molecular flexibility index (Phi) is 8.42. The molecule has 0 atom stereocenters. The molecule has 0 bridgehead atoms. The van der Waals surface area contributed by atoms with E-state index in [9.17, 15) is 0 Å². The van der Waals surface area contributed by atoms with Gasteiger partial charge in [0, 0.05) is 44.1 Å². The van der Waals surface area contributed by atoms with Crippen LogP contribution in [0.3, 0.4) is 0 Å². The van der Waals surface area contributed by atoms with E-state index in [1.165, 1.54) is 5.56 Å². The molecule has 0 saturated carbocycles. The second-order valence-electron chi connectivity index (χ2n) is 15.6. The Morgan fingerprint density at radius 3 is 1.55 bits per heavy atom. The number of rotatable bonds is 7. The largest absolute Gasteiger partial charge is 0.455 e. The van der Waals surface area contributed by atoms with Crippen molar-refractivity contribution >= 4 is 43.7 Å². The van der Waals surface area contributed by atoms with Gasteiger partial charge in [-0.3, -0.25) is 0 Å². The lowest BCUT2D eigenvalue weighted by Crippen LogP contribution is -2.01. The molecule has 0 amide bonds. The van der Waals surface area contributed by atoms with Crippen LogP contribution in [0.4, 0.5) is 0 Å². The van der Waals surface area contributed by atoms with Gasteiger partial charge >= 0.3 is 0 Å². The molecule has 0 N–H and O–H groups in total. The molecule has 0 aliphatic rings. The van der Waals surface area contributed by atoms with Crippen molar-refractivity contribution in [2.75, 3.05) is 0 Å². The van der Waals surface area contributed by atoms with E-state index in [0.717, 1.165) is 93.9 Å². The average Bonchev–Trinajstić information content (AvgIpc) is 3.91. The quantitative estimate of drug-likeness (QED) is 0.161. The van der Waals surface area contributed by atoms with Crippen molar-refractivity contribution < 1.29 is 4.42 Å². The number of hydrogen-bond acceptors (Lipinski definition) is 4. The number of fused-ring (bicyclic) bond motifs is 7. The summed E-state index contributed by atoms with van der Waals surface area (Å²) in [6.45, 7) is 0. The fourth-order valence-corrected chi connectivity index (χ4v) is 8.96. The maximum atomic E-state index is 7.20. The summed E-state index contributed by atoms with van der Waals surface area (Å²) in [7, 11) is 0. The third-order valence-electron chi connectivity index (χ3n) is 11.9. The molecule has 0 radical (unpaired) electrons. The molecule has 3 heterocycles. The van der Waals surface area contributed by atoms with Crippen LogP contribution in [-0.4, -0.2) is 19.5 Å². The first kappa shape index (κ1) is 35.5. The highest BCUT2D eigenvalue weighted by molar-refractivity contribution is 6.25. The van der Waals surface area contributed by atoms with Crippen LogP contribution in [0, 0.1) is 0 Å². The maximum absolute atomic E-state index is 7.20. The third kappa shape index (κ3) is 5.98. The van der Waals surface area contributed by atoms with Crippen LogP contribution in [0.1, 0.15) is 0 Å². The van der Waals surface area contributed by atoms with Gasteiger partial charge in [0.2, 0.25) is 0 Å². The lowest BCUT2D eigenvalue weighted by molar-refractivity contribution is 0.674. The monoisotopic (exact) mass is 792 g/mol. The van der Waals surface area contributed by atoms with Gasteiger partial charge in [0.25, 0.3) is 0 Å². The van der Waals surface area contributed by atoms with Gasteiger partial charge in [-0.15, -0.1) is 0 Å². The second kappa shape index (κ2) is 14.7. The first-order chi connectivity index (χ1) is 30.7. The lowest BCUT2D eigenvalue weighted by atomic mass is 9.92. The van der Waals surface area contributed by atoms with Crippen LogP contribution in [0.2, 0.25) is 0 Å².